The lowest BCUT2D eigenvalue weighted by Gasteiger charge is -2.07. The van der Waals surface area contributed by atoms with Gasteiger partial charge in [-0.05, 0) is 36.2 Å². The van der Waals surface area contributed by atoms with Crippen LogP contribution in [0.25, 0.3) is 0 Å². The third-order valence-corrected chi connectivity index (χ3v) is 4.93. The van der Waals surface area contributed by atoms with Gasteiger partial charge in [-0.2, -0.15) is 0 Å². The van der Waals surface area contributed by atoms with E-state index in [-0.39, 0.29) is 24.8 Å². The van der Waals surface area contributed by atoms with Crippen LogP contribution in [0, 0.1) is 5.82 Å². The number of benzene rings is 2. The zero-order chi connectivity index (χ0) is 18.8. The van der Waals surface area contributed by atoms with Crippen molar-refractivity contribution < 1.29 is 18.7 Å². The summed E-state index contributed by atoms with van der Waals surface area (Å²) in [6.45, 7) is 0.0867. The van der Waals surface area contributed by atoms with Crippen LogP contribution in [0.5, 0.6) is 0 Å². The van der Waals surface area contributed by atoms with Gasteiger partial charge >= 0.3 is 5.97 Å². The van der Waals surface area contributed by atoms with Crippen molar-refractivity contribution in [3.8, 4) is 0 Å². The van der Waals surface area contributed by atoms with Crippen LogP contribution in [0.4, 0.5) is 4.39 Å². The van der Waals surface area contributed by atoms with E-state index in [0.717, 1.165) is 10.5 Å². The number of hydrogen-bond donors (Lipinski definition) is 1. The van der Waals surface area contributed by atoms with Gasteiger partial charge in [0.1, 0.15) is 5.82 Å². The van der Waals surface area contributed by atoms with Crippen LogP contribution in [-0.4, -0.2) is 30.8 Å². The van der Waals surface area contributed by atoms with E-state index in [1.807, 2.05) is 18.2 Å². The maximum atomic E-state index is 12.8. The van der Waals surface area contributed by atoms with Crippen molar-refractivity contribution in [2.24, 2.45) is 0 Å². The van der Waals surface area contributed by atoms with Crippen LogP contribution in [-0.2, 0) is 20.7 Å². The smallest absolute Gasteiger partial charge is 0.307 e. The molecule has 0 saturated carbocycles. The van der Waals surface area contributed by atoms with E-state index in [1.54, 1.807) is 18.2 Å². The Hall–Kier alpha value is -2.05. The van der Waals surface area contributed by atoms with Crippen LogP contribution in [0.2, 0.25) is 5.02 Å². The van der Waals surface area contributed by atoms with E-state index < -0.39 is 5.97 Å². The molecule has 1 N–H and O–H groups in total. The lowest BCUT2D eigenvalue weighted by molar-refractivity contribution is -0.148. The minimum Gasteiger partial charge on any atom is -0.456 e. The van der Waals surface area contributed by atoms with Crippen molar-refractivity contribution in [3.05, 3.63) is 64.9 Å². The topological polar surface area (TPSA) is 55.4 Å². The zero-order valence-corrected chi connectivity index (χ0v) is 15.6. The van der Waals surface area contributed by atoms with Crippen molar-refractivity contribution >= 4 is 35.2 Å². The highest BCUT2D eigenvalue weighted by atomic mass is 35.5. The van der Waals surface area contributed by atoms with Gasteiger partial charge in [-0.3, -0.25) is 9.59 Å². The normalized spacial score (nSPS) is 10.4. The van der Waals surface area contributed by atoms with Gasteiger partial charge in [-0.25, -0.2) is 4.39 Å². The Bertz CT molecular complexity index is 740. The lowest BCUT2D eigenvalue weighted by atomic mass is 10.1. The van der Waals surface area contributed by atoms with Crippen molar-refractivity contribution in [1.82, 2.24) is 5.32 Å². The highest BCUT2D eigenvalue weighted by Gasteiger charge is 2.08. The molecule has 0 radical (unpaired) electrons. The minimum absolute atomic E-state index is 0.193. The number of halogens is 2. The fourth-order valence-corrected chi connectivity index (χ4v) is 3.24. The van der Waals surface area contributed by atoms with Crippen LogP contribution >= 0.6 is 23.4 Å². The van der Waals surface area contributed by atoms with E-state index in [4.69, 9.17) is 16.3 Å². The Kier molecular flexibility index (Phi) is 8.44. The standard InChI is InChI=1S/C19H19ClFNO3S/c20-16-3-1-2-4-17(16)26-12-10-19(24)25-13-18(23)22-11-9-14-5-7-15(21)8-6-14/h1-8H,9-13H2,(H,22,23). The number of hydrogen-bond acceptors (Lipinski definition) is 4. The first-order valence-electron chi connectivity index (χ1n) is 8.08. The molecule has 0 unspecified atom stereocenters. The van der Waals surface area contributed by atoms with Gasteiger partial charge in [0.2, 0.25) is 0 Å². The van der Waals surface area contributed by atoms with E-state index in [9.17, 15) is 14.0 Å². The molecule has 2 aromatic rings. The monoisotopic (exact) mass is 395 g/mol. The summed E-state index contributed by atoms with van der Waals surface area (Å²) in [5.41, 5.74) is 0.917. The molecule has 0 aliphatic rings. The molecule has 0 bridgehead atoms. The third-order valence-electron chi connectivity index (χ3n) is 3.41. The first-order chi connectivity index (χ1) is 12.5. The number of nitrogens with one attached hydrogen (secondary N) is 1. The molecule has 0 saturated heterocycles. The van der Waals surface area contributed by atoms with Gasteiger partial charge in [-0.15, -0.1) is 11.8 Å². The SMILES string of the molecule is O=C(COC(=O)CCSc1ccccc1Cl)NCCc1ccc(F)cc1. The number of rotatable bonds is 9. The molecule has 7 heteroatoms. The highest BCUT2D eigenvalue weighted by molar-refractivity contribution is 7.99. The summed E-state index contributed by atoms with van der Waals surface area (Å²) >= 11 is 7.50. The van der Waals surface area contributed by atoms with Gasteiger partial charge in [0.25, 0.3) is 5.91 Å². The second-order valence-corrected chi connectivity index (χ2v) is 6.96. The van der Waals surface area contributed by atoms with Crippen molar-refractivity contribution in [3.63, 3.8) is 0 Å². The Morgan fingerprint density at radius 1 is 1.12 bits per heavy atom. The molecule has 138 valence electrons. The van der Waals surface area contributed by atoms with Crippen LogP contribution < -0.4 is 5.32 Å². The number of carbonyl (C=O) groups excluding carboxylic acids is 2. The maximum Gasteiger partial charge on any atom is 0.307 e. The Morgan fingerprint density at radius 3 is 2.58 bits per heavy atom. The minimum atomic E-state index is -0.432. The van der Waals surface area contributed by atoms with E-state index >= 15 is 0 Å². The van der Waals surface area contributed by atoms with Gasteiger partial charge in [0.15, 0.2) is 6.61 Å². The molecule has 0 fully saturated rings. The lowest BCUT2D eigenvalue weighted by Crippen LogP contribution is -2.30. The molecule has 0 aliphatic heterocycles. The van der Waals surface area contributed by atoms with Crippen molar-refractivity contribution in [1.29, 1.82) is 0 Å². The van der Waals surface area contributed by atoms with Gasteiger partial charge in [-0.1, -0.05) is 35.9 Å². The summed E-state index contributed by atoms with van der Waals surface area (Å²) in [4.78, 5) is 24.2. The fourth-order valence-electron chi connectivity index (χ4n) is 2.07. The second kappa shape index (κ2) is 10.8. The second-order valence-electron chi connectivity index (χ2n) is 5.42. The number of ether oxygens (including phenoxy) is 1. The molecule has 0 atom stereocenters. The molecule has 2 rings (SSSR count). The van der Waals surface area contributed by atoms with Gasteiger partial charge in [0.05, 0.1) is 11.4 Å². The average Bonchev–Trinajstić information content (AvgIpc) is 2.63. The summed E-state index contributed by atoms with van der Waals surface area (Å²) in [5, 5.41) is 3.30. The molecule has 1 amide bonds. The van der Waals surface area contributed by atoms with Gasteiger partial charge < -0.3 is 10.1 Å². The van der Waals surface area contributed by atoms with Crippen LogP contribution in [0.15, 0.2) is 53.4 Å². The quantitative estimate of drug-likeness (QED) is 0.517. The zero-order valence-electron chi connectivity index (χ0n) is 14.0. The predicted molar refractivity (Wildman–Crippen MR) is 101 cm³/mol. The number of esters is 1. The number of thioether (sulfide) groups is 1. The van der Waals surface area contributed by atoms with E-state index in [2.05, 4.69) is 5.32 Å². The summed E-state index contributed by atoms with van der Waals surface area (Å²) in [6, 6.07) is 13.5. The van der Waals surface area contributed by atoms with Crippen molar-refractivity contribution in [2.75, 3.05) is 18.9 Å². The highest BCUT2D eigenvalue weighted by Crippen LogP contribution is 2.26. The first-order valence-corrected chi connectivity index (χ1v) is 9.45. The third kappa shape index (κ3) is 7.45. The summed E-state index contributed by atoms with van der Waals surface area (Å²) in [6.07, 6.45) is 0.771. The molecular weight excluding hydrogens is 377 g/mol. The van der Waals surface area contributed by atoms with E-state index in [0.29, 0.717) is 23.7 Å². The Morgan fingerprint density at radius 2 is 1.85 bits per heavy atom. The Labute approximate surface area is 161 Å². The first kappa shape index (κ1) is 20.3. The predicted octanol–water partition coefficient (Wildman–Crippen LogP) is 3.86. The Balaban J connectivity index is 1.57. The molecule has 0 spiro atoms. The molecule has 0 heterocycles. The van der Waals surface area contributed by atoms with Crippen LogP contribution in [0.1, 0.15) is 12.0 Å². The van der Waals surface area contributed by atoms with E-state index in [1.165, 1.54) is 23.9 Å². The molecule has 2 aromatic carbocycles. The average molecular weight is 396 g/mol. The molecule has 0 aromatic heterocycles. The summed E-state index contributed by atoms with van der Waals surface area (Å²) in [7, 11) is 0. The van der Waals surface area contributed by atoms with Gasteiger partial charge in [0, 0.05) is 17.2 Å². The van der Waals surface area contributed by atoms with Crippen molar-refractivity contribution in [2.45, 2.75) is 17.7 Å². The fraction of sp³-hybridized carbons (Fsp3) is 0.263. The molecule has 0 aliphatic carbocycles. The van der Waals surface area contributed by atoms with Crippen LogP contribution in [0.3, 0.4) is 0 Å². The number of amides is 1. The summed E-state index contributed by atoms with van der Waals surface area (Å²) in [5.74, 6) is -0.566. The summed E-state index contributed by atoms with van der Waals surface area (Å²) < 4.78 is 17.7. The largest absolute Gasteiger partial charge is 0.456 e. The molecule has 26 heavy (non-hydrogen) atoms. The maximum absolute atomic E-state index is 12.8. The molecule has 4 nitrogen and oxygen atoms in total. The number of carbonyl (C=O) groups is 2. The molecular formula is C19H19ClFNO3S.